The highest BCUT2D eigenvalue weighted by atomic mass is 16.6. The Bertz CT molecular complexity index is 969. The Morgan fingerprint density at radius 2 is 0.632 bits per heavy atom. The zero-order valence-corrected chi connectivity index (χ0v) is 37.9. The van der Waals surface area contributed by atoms with Gasteiger partial charge >= 0.3 is 17.9 Å². The summed E-state index contributed by atoms with van der Waals surface area (Å²) in [6.45, 7) is 6.58. The molecule has 6 nitrogen and oxygen atoms in total. The third kappa shape index (κ3) is 44.6. The van der Waals surface area contributed by atoms with Crippen LogP contribution >= 0.6 is 0 Å². The number of carbonyl (C=O) groups excluding carboxylic acids is 3. The number of allylic oxidation sites excluding steroid dienone is 6. The normalized spacial score (nSPS) is 12.3. The Hall–Kier alpha value is -2.37. The van der Waals surface area contributed by atoms with Crippen molar-refractivity contribution >= 4 is 17.9 Å². The van der Waals surface area contributed by atoms with Gasteiger partial charge in [-0.1, -0.05) is 192 Å². The van der Waals surface area contributed by atoms with Crippen molar-refractivity contribution in [2.75, 3.05) is 13.2 Å². The fourth-order valence-corrected chi connectivity index (χ4v) is 6.88. The van der Waals surface area contributed by atoms with Crippen LogP contribution in [-0.2, 0) is 28.6 Å². The maximum Gasteiger partial charge on any atom is 0.306 e. The predicted molar refractivity (Wildman–Crippen MR) is 242 cm³/mol. The minimum atomic E-state index is -0.776. The molecule has 1 atom stereocenters. The van der Waals surface area contributed by atoms with Crippen molar-refractivity contribution in [3.05, 3.63) is 36.5 Å². The molecule has 0 aromatic carbocycles. The Kier molecular flexibility index (Phi) is 44.4. The highest BCUT2D eigenvalue weighted by Crippen LogP contribution is 2.14. The van der Waals surface area contributed by atoms with Gasteiger partial charge in [-0.2, -0.15) is 0 Å². The molecule has 0 aliphatic heterocycles. The minimum Gasteiger partial charge on any atom is -0.462 e. The van der Waals surface area contributed by atoms with Crippen LogP contribution in [0.4, 0.5) is 0 Å². The van der Waals surface area contributed by atoms with Crippen LogP contribution in [0.2, 0.25) is 0 Å². The van der Waals surface area contributed by atoms with Gasteiger partial charge in [0.15, 0.2) is 6.10 Å². The van der Waals surface area contributed by atoms with E-state index in [0.717, 1.165) is 83.5 Å². The van der Waals surface area contributed by atoms with E-state index in [-0.39, 0.29) is 31.1 Å². The first kappa shape index (κ1) is 54.6. The highest BCUT2D eigenvalue weighted by Gasteiger charge is 2.19. The summed E-state index contributed by atoms with van der Waals surface area (Å²) in [5.74, 6) is -0.896. The van der Waals surface area contributed by atoms with E-state index in [4.69, 9.17) is 14.2 Å². The predicted octanol–water partition coefficient (Wildman–Crippen LogP) is 15.8. The van der Waals surface area contributed by atoms with Gasteiger partial charge in [0.25, 0.3) is 0 Å². The molecule has 0 heterocycles. The van der Waals surface area contributed by atoms with Crippen LogP contribution in [0.3, 0.4) is 0 Å². The molecule has 57 heavy (non-hydrogen) atoms. The second kappa shape index (κ2) is 46.3. The van der Waals surface area contributed by atoms with E-state index < -0.39 is 6.10 Å². The van der Waals surface area contributed by atoms with Crippen LogP contribution in [0.1, 0.15) is 252 Å². The first-order chi connectivity index (χ1) is 28.0. The van der Waals surface area contributed by atoms with Crippen LogP contribution in [0, 0.1) is 0 Å². The fourth-order valence-electron chi connectivity index (χ4n) is 6.88. The highest BCUT2D eigenvalue weighted by molar-refractivity contribution is 5.71. The molecule has 0 saturated heterocycles. The maximum atomic E-state index is 12.7. The molecule has 1 unspecified atom stereocenters. The van der Waals surface area contributed by atoms with Crippen LogP contribution in [-0.4, -0.2) is 37.2 Å². The van der Waals surface area contributed by atoms with E-state index in [1.807, 2.05) is 0 Å². The second-order valence-corrected chi connectivity index (χ2v) is 16.4. The van der Waals surface area contributed by atoms with Gasteiger partial charge in [0.05, 0.1) is 0 Å². The van der Waals surface area contributed by atoms with Crippen LogP contribution in [0.5, 0.6) is 0 Å². The van der Waals surface area contributed by atoms with Crippen molar-refractivity contribution in [1.82, 2.24) is 0 Å². The van der Waals surface area contributed by atoms with Gasteiger partial charge in [-0.15, -0.1) is 0 Å². The average molecular weight is 801 g/mol. The molecule has 0 bridgehead atoms. The largest absolute Gasteiger partial charge is 0.462 e. The summed E-state index contributed by atoms with van der Waals surface area (Å²) in [6.07, 6.45) is 52.6. The molecular formula is C51H92O6. The molecule has 332 valence electrons. The number of ether oxygens (including phenoxy) is 3. The summed E-state index contributed by atoms with van der Waals surface area (Å²) in [7, 11) is 0. The number of rotatable bonds is 44. The molecule has 0 amide bonds. The molecule has 0 radical (unpaired) electrons. The first-order valence-corrected chi connectivity index (χ1v) is 24.5. The van der Waals surface area contributed by atoms with Gasteiger partial charge in [-0.3, -0.25) is 14.4 Å². The zero-order valence-electron chi connectivity index (χ0n) is 37.9. The quantitative estimate of drug-likeness (QED) is 0.0264. The van der Waals surface area contributed by atoms with Crippen molar-refractivity contribution in [2.24, 2.45) is 0 Å². The molecule has 6 heteroatoms. The third-order valence-corrected chi connectivity index (χ3v) is 10.6. The molecule has 0 rings (SSSR count). The van der Waals surface area contributed by atoms with Gasteiger partial charge in [-0.05, 0) is 77.0 Å². The standard InChI is InChI=1S/C51H92O6/c1-4-7-10-13-16-19-22-24-25-27-30-32-35-38-41-44-50(53)56-47-48(57-51(54)45-42-39-36-33-28-21-18-15-12-9-6-3)46-55-49(52)43-40-37-34-31-29-26-23-20-17-14-11-8-5-2/h16,19-20,23-25,48H,4-15,17-18,21-22,26-47H2,1-3H3. The number of hydrogen-bond donors (Lipinski definition) is 0. The lowest BCUT2D eigenvalue weighted by Crippen LogP contribution is -2.30. The van der Waals surface area contributed by atoms with E-state index in [1.54, 1.807) is 0 Å². The zero-order chi connectivity index (χ0) is 41.5. The fraction of sp³-hybridized carbons (Fsp3) is 0.824. The van der Waals surface area contributed by atoms with Crippen LogP contribution in [0.25, 0.3) is 0 Å². The van der Waals surface area contributed by atoms with Gasteiger partial charge in [-0.25, -0.2) is 0 Å². The monoisotopic (exact) mass is 801 g/mol. The van der Waals surface area contributed by atoms with Crippen LogP contribution < -0.4 is 0 Å². The van der Waals surface area contributed by atoms with Gasteiger partial charge in [0, 0.05) is 19.3 Å². The molecule has 0 aliphatic rings. The molecule has 0 N–H and O–H groups in total. The van der Waals surface area contributed by atoms with Crippen molar-refractivity contribution in [3.63, 3.8) is 0 Å². The lowest BCUT2D eigenvalue weighted by atomic mass is 10.1. The van der Waals surface area contributed by atoms with Gasteiger partial charge in [0.1, 0.15) is 13.2 Å². The van der Waals surface area contributed by atoms with Crippen molar-refractivity contribution in [2.45, 2.75) is 258 Å². The van der Waals surface area contributed by atoms with E-state index in [2.05, 4.69) is 57.2 Å². The lowest BCUT2D eigenvalue weighted by Gasteiger charge is -2.18. The van der Waals surface area contributed by atoms with E-state index in [1.165, 1.54) is 128 Å². The summed E-state index contributed by atoms with van der Waals surface area (Å²) in [5.41, 5.74) is 0. The maximum absolute atomic E-state index is 12.7. The van der Waals surface area contributed by atoms with E-state index in [0.29, 0.717) is 19.3 Å². The van der Waals surface area contributed by atoms with Crippen molar-refractivity contribution < 1.29 is 28.6 Å². The topological polar surface area (TPSA) is 78.9 Å². The van der Waals surface area contributed by atoms with Crippen molar-refractivity contribution in [1.29, 1.82) is 0 Å². The molecule has 0 fully saturated rings. The summed E-state index contributed by atoms with van der Waals surface area (Å²) < 4.78 is 16.7. The number of esters is 3. The Morgan fingerprint density at radius 1 is 0.351 bits per heavy atom. The number of hydrogen-bond acceptors (Lipinski definition) is 6. The summed E-state index contributed by atoms with van der Waals surface area (Å²) >= 11 is 0. The lowest BCUT2D eigenvalue weighted by molar-refractivity contribution is -0.167. The van der Waals surface area contributed by atoms with E-state index in [9.17, 15) is 14.4 Å². The first-order valence-electron chi connectivity index (χ1n) is 24.5. The summed E-state index contributed by atoms with van der Waals surface area (Å²) in [6, 6.07) is 0. The minimum absolute atomic E-state index is 0.0788. The summed E-state index contributed by atoms with van der Waals surface area (Å²) in [5, 5.41) is 0. The number of unbranched alkanes of at least 4 members (excludes halogenated alkanes) is 27. The van der Waals surface area contributed by atoms with Gasteiger partial charge < -0.3 is 14.2 Å². The molecule has 0 aliphatic carbocycles. The average Bonchev–Trinajstić information content (AvgIpc) is 3.21. The number of carbonyl (C=O) groups is 3. The molecular weight excluding hydrogens is 709 g/mol. The SMILES string of the molecule is CCCCCC=CCC=CCCCCCCCC(=O)OCC(COC(=O)CCCCCCCC=CCCCCCC)OC(=O)CCCCCCCCCCCCC. The Balaban J connectivity index is 4.38. The Morgan fingerprint density at radius 3 is 1.04 bits per heavy atom. The smallest absolute Gasteiger partial charge is 0.306 e. The molecule has 0 spiro atoms. The Labute approximate surface area is 353 Å². The van der Waals surface area contributed by atoms with Crippen molar-refractivity contribution in [3.8, 4) is 0 Å². The summed E-state index contributed by atoms with van der Waals surface area (Å²) in [4.78, 5) is 37.8. The molecule has 0 aromatic heterocycles. The molecule has 0 aromatic rings. The van der Waals surface area contributed by atoms with Gasteiger partial charge in [0.2, 0.25) is 0 Å². The van der Waals surface area contributed by atoms with E-state index >= 15 is 0 Å². The third-order valence-electron chi connectivity index (χ3n) is 10.6. The van der Waals surface area contributed by atoms with Crippen LogP contribution in [0.15, 0.2) is 36.5 Å². The molecule has 0 saturated carbocycles. The second-order valence-electron chi connectivity index (χ2n) is 16.4.